The first-order valence-electron chi connectivity index (χ1n) is 14.8. The molecular weight excluding hydrogens is 544 g/mol. The Labute approximate surface area is 250 Å². The second kappa shape index (κ2) is 11.6. The van der Waals surface area contributed by atoms with Crippen LogP contribution in [0.25, 0.3) is 16.6 Å². The average molecular weight is 579 g/mol. The fraction of sp³-hybridized carbons (Fsp3) is 0.406. The standard InChI is InChI=1S/C32H34N8O3/c1-22-2-3-23(16-34-22)12-31(41)40-26-13-27(40)20-38(19-26)30-5-4-24(17-35-30)29-14-28(21-39-32(29)25(15-33)18-36-39)43-11-8-37-6-9-42-10-7-37/h2-5,14,16-18,21,26-27H,6-13,19-20H2,1H3. The van der Waals surface area contributed by atoms with E-state index in [1.165, 1.54) is 0 Å². The van der Waals surface area contributed by atoms with Gasteiger partial charge in [-0.1, -0.05) is 6.07 Å². The van der Waals surface area contributed by atoms with Crippen LogP contribution >= 0.6 is 0 Å². The van der Waals surface area contributed by atoms with Crippen molar-refractivity contribution in [2.45, 2.75) is 31.8 Å². The molecule has 0 N–H and O–H groups in total. The molecule has 220 valence electrons. The lowest BCUT2D eigenvalue weighted by Crippen LogP contribution is -2.70. The Kier molecular flexibility index (Phi) is 7.39. The predicted octanol–water partition coefficient (Wildman–Crippen LogP) is 2.71. The molecule has 0 radical (unpaired) electrons. The lowest BCUT2D eigenvalue weighted by molar-refractivity contribution is -0.145. The van der Waals surface area contributed by atoms with Crippen LogP contribution in [0, 0.1) is 18.3 Å². The summed E-state index contributed by atoms with van der Waals surface area (Å²) in [6.45, 7) is 8.17. The number of hydrogen-bond acceptors (Lipinski definition) is 9. The summed E-state index contributed by atoms with van der Waals surface area (Å²) in [5, 5.41) is 14.2. The van der Waals surface area contributed by atoms with E-state index < -0.39 is 0 Å². The molecule has 11 nitrogen and oxygen atoms in total. The summed E-state index contributed by atoms with van der Waals surface area (Å²) in [5.74, 6) is 1.74. The van der Waals surface area contributed by atoms with E-state index in [1.54, 1.807) is 16.9 Å². The molecule has 2 atom stereocenters. The van der Waals surface area contributed by atoms with Crippen molar-refractivity contribution in [1.82, 2.24) is 29.4 Å². The number of fused-ring (bicyclic) bond motifs is 3. The first kappa shape index (κ1) is 27.3. The molecule has 4 aliphatic rings. The van der Waals surface area contributed by atoms with Crippen molar-refractivity contribution in [3.05, 3.63) is 71.9 Å². The van der Waals surface area contributed by atoms with Crippen LogP contribution in [-0.4, -0.2) is 99.9 Å². The number of pyridine rings is 3. The Morgan fingerprint density at radius 1 is 1.09 bits per heavy atom. The molecule has 8 heterocycles. The van der Waals surface area contributed by atoms with Gasteiger partial charge in [0.05, 0.1) is 55.2 Å². The number of rotatable bonds is 8. The van der Waals surface area contributed by atoms with Gasteiger partial charge in [-0.15, -0.1) is 0 Å². The van der Waals surface area contributed by atoms with Gasteiger partial charge in [-0.25, -0.2) is 9.50 Å². The Bertz CT molecular complexity index is 1650. The third-order valence-corrected chi connectivity index (χ3v) is 8.68. The van der Waals surface area contributed by atoms with E-state index in [2.05, 4.69) is 30.9 Å². The molecule has 4 aliphatic heterocycles. The minimum Gasteiger partial charge on any atom is -0.491 e. The fourth-order valence-corrected chi connectivity index (χ4v) is 6.40. The number of piperazine rings is 1. The lowest BCUT2D eigenvalue weighted by atomic mass is 9.86. The number of nitriles is 1. The highest BCUT2D eigenvalue weighted by atomic mass is 16.5. The number of carbonyl (C=O) groups excluding carboxylic acids is 1. The van der Waals surface area contributed by atoms with Crippen molar-refractivity contribution in [1.29, 1.82) is 5.26 Å². The van der Waals surface area contributed by atoms with E-state index in [0.717, 1.165) is 86.1 Å². The lowest BCUT2D eigenvalue weighted by Gasteiger charge is -2.56. The SMILES string of the molecule is Cc1ccc(CC(=O)N2C3CC2CN(c2ccc(-c4cc(OCCN5CCOCC5)cn5ncc(C#N)c45)cn2)C3)cn1. The first-order chi connectivity index (χ1) is 21.1. The van der Waals surface area contributed by atoms with E-state index in [-0.39, 0.29) is 18.0 Å². The Hall–Kier alpha value is -4.53. The zero-order valence-corrected chi connectivity index (χ0v) is 24.2. The highest BCUT2D eigenvalue weighted by molar-refractivity contribution is 5.85. The molecule has 4 saturated heterocycles. The highest BCUT2D eigenvalue weighted by Crippen LogP contribution is 2.36. The second-order valence-corrected chi connectivity index (χ2v) is 11.5. The fourth-order valence-electron chi connectivity index (χ4n) is 6.40. The van der Waals surface area contributed by atoms with Crippen LogP contribution in [-0.2, 0) is 16.0 Å². The Morgan fingerprint density at radius 3 is 2.65 bits per heavy atom. The summed E-state index contributed by atoms with van der Waals surface area (Å²) in [7, 11) is 0. The topological polar surface area (TPSA) is 112 Å². The molecule has 43 heavy (non-hydrogen) atoms. The molecule has 0 aromatic carbocycles. The maximum absolute atomic E-state index is 13.1. The van der Waals surface area contributed by atoms with Gasteiger partial charge < -0.3 is 19.3 Å². The van der Waals surface area contributed by atoms with E-state index >= 15 is 0 Å². The van der Waals surface area contributed by atoms with Crippen molar-refractivity contribution in [3.63, 3.8) is 0 Å². The first-order valence-corrected chi connectivity index (χ1v) is 14.8. The smallest absolute Gasteiger partial charge is 0.227 e. The highest BCUT2D eigenvalue weighted by Gasteiger charge is 2.47. The van der Waals surface area contributed by atoms with E-state index in [1.807, 2.05) is 49.6 Å². The maximum Gasteiger partial charge on any atom is 0.227 e. The molecule has 1 amide bonds. The molecule has 2 bridgehead atoms. The van der Waals surface area contributed by atoms with Crippen LogP contribution in [0.15, 0.2) is 55.1 Å². The average Bonchev–Trinajstić information content (AvgIpc) is 3.45. The van der Waals surface area contributed by atoms with Gasteiger partial charge in [-0.2, -0.15) is 10.4 Å². The molecule has 4 fully saturated rings. The van der Waals surface area contributed by atoms with Crippen molar-refractivity contribution < 1.29 is 14.3 Å². The normalized spacial score (nSPS) is 20.1. The molecule has 0 spiro atoms. The van der Waals surface area contributed by atoms with Crippen molar-refractivity contribution in [2.24, 2.45) is 0 Å². The number of piperidine rings is 1. The largest absolute Gasteiger partial charge is 0.491 e. The van der Waals surface area contributed by atoms with Gasteiger partial charge in [0.2, 0.25) is 5.91 Å². The number of ether oxygens (including phenoxy) is 2. The van der Waals surface area contributed by atoms with Crippen LogP contribution in [0.4, 0.5) is 5.82 Å². The summed E-state index contributed by atoms with van der Waals surface area (Å²) < 4.78 is 13.3. The number of aryl methyl sites for hydroxylation is 1. The zero-order valence-electron chi connectivity index (χ0n) is 24.2. The van der Waals surface area contributed by atoms with Crippen molar-refractivity contribution >= 4 is 17.2 Å². The number of anilines is 1. The summed E-state index contributed by atoms with van der Waals surface area (Å²) in [5.41, 5.74) is 4.87. The monoisotopic (exact) mass is 578 g/mol. The van der Waals surface area contributed by atoms with Gasteiger partial charge in [0.1, 0.15) is 24.2 Å². The Balaban J connectivity index is 1.04. The quantitative estimate of drug-likeness (QED) is 0.312. The molecule has 8 rings (SSSR count). The molecule has 2 unspecified atom stereocenters. The number of aromatic nitrogens is 4. The summed E-state index contributed by atoms with van der Waals surface area (Å²) >= 11 is 0. The molecule has 0 saturated carbocycles. The van der Waals surface area contributed by atoms with Crippen LogP contribution in [0.2, 0.25) is 0 Å². The number of carbonyl (C=O) groups is 1. The molecular formula is C32H34N8O3. The third-order valence-electron chi connectivity index (χ3n) is 8.68. The van der Waals surface area contributed by atoms with E-state index in [4.69, 9.17) is 14.5 Å². The van der Waals surface area contributed by atoms with Crippen LogP contribution in [0.1, 0.15) is 23.2 Å². The van der Waals surface area contributed by atoms with Crippen molar-refractivity contribution in [3.8, 4) is 22.9 Å². The minimum absolute atomic E-state index is 0.167. The summed E-state index contributed by atoms with van der Waals surface area (Å²) in [6.07, 6.45) is 8.47. The van der Waals surface area contributed by atoms with Crippen LogP contribution < -0.4 is 9.64 Å². The number of amides is 1. The van der Waals surface area contributed by atoms with Gasteiger partial charge in [0, 0.05) is 61.9 Å². The zero-order chi connectivity index (χ0) is 29.3. The molecule has 11 heteroatoms. The van der Waals surface area contributed by atoms with Crippen molar-refractivity contribution in [2.75, 3.05) is 57.4 Å². The van der Waals surface area contributed by atoms with E-state index in [0.29, 0.717) is 24.3 Å². The van der Waals surface area contributed by atoms with E-state index in [9.17, 15) is 10.1 Å². The second-order valence-electron chi connectivity index (χ2n) is 11.5. The third kappa shape index (κ3) is 5.51. The summed E-state index contributed by atoms with van der Waals surface area (Å²) in [6, 6.07) is 12.6. The van der Waals surface area contributed by atoms with Gasteiger partial charge in [0.25, 0.3) is 0 Å². The molecule has 4 aromatic rings. The Morgan fingerprint density at radius 2 is 1.93 bits per heavy atom. The van der Waals surface area contributed by atoms with Crippen LogP contribution in [0.5, 0.6) is 5.75 Å². The minimum atomic E-state index is 0.167. The maximum atomic E-state index is 13.1. The molecule has 0 aliphatic carbocycles. The van der Waals surface area contributed by atoms with Gasteiger partial charge >= 0.3 is 0 Å². The van der Waals surface area contributed by atoms with Crippen LogP contribution in [0.3, 0.4) is 0 Å². The summed E-state index contributed by atoms with van der Waals surface area (Å²) in [4.78, 5) is 28.9. The number of nitrogens with zero attached hydrogens (tertiary/aromatic N) is 8. The predicted molar refractivity (Wildman–Crippen MR) is 160 cm³/mol. The molecule has 4 aromatic heterocycles. The van der Waals surface area contributed by atoms with Gasteiger partial charge in [-0.05, 0) is 43.2 Å². The van der Waals surface area contributed by atoms with Gasteiger partial charge in [0.15, 0.2) is 0 Å². The number of hydrogen-bond donors (Lipinski definition) is 0. The number of morpholine rings is 1. The van der Waals surface area contributed by atoms with Gasteiger partial charge in [-0.3, -0.25) is 14.7 Å².